The number of hydrogen-bond donors (Lipinski definition) is 1. The monoisotopic (exact) mass is 579 g/mol. The third-order valence-electron chi connectivity index (χ3n) is 5.81. The van der Waals surface area contributed by atoms with Gasteiger partial charge in [-0.25, -0.2) is 8.42 Å². The molecule has 0 atom stereocenters. The molecule has 12 heteroatoms. The molecule has 0 fully saturated rings. The van der Waals surface area contributed by atoms with Crippen LogP contribution >= 0.6 is 34.5 Å². The van der Waals surface area contributed by atoms with E-state index in [0.717, 1.165) is 16.0 Å². The molecule has 3 aromatic rings. The van der Waals surface area contributed by atoms with Crippen LogP contribution in [-0.4, -0.2) is 50.3 Å². The van der Waals surface area contributed by atoms with Crippen molar-refractivity contribution in [3.63, 3.8) is 0 Å². The summed E-state index contributed by atoms with van der Waals surface area (Å²) in [6.45, 7) is 2.29. The van der Waals surface area contributed by atoms with E-state index in [4.69, 9.17) is 32.7 Å². The summed E-state index contributed by atoms with van der Waals surface area (Å²) in [6.07, 6.45) is 0.561. The Morgan fingerprint density at radius 2 is 1.78 bits per heavy atom. The summed E-state index contributed by atoms with van der Waals surface area (Å²) < 4.78 is 37.8. The summed E-state index contributed by atoms with van der Waals surface area (Å²) in [5.74, 6) is 1.19. The molecular formula is C25H23Cl2N3O5S2. The highest BCUT2D eigenvalue weighted by molar-refractivity contribution is 7.89. The first kappa shape index (κ1) is 27.2. The van der Waals surface area contributed by atoms with Crippen molar-refractivity contribution in [3.05, 3.63) is 69.6 Å². The molecule has 1 N–H and O–H groups in total. The van der Waals surface area contributed by atoms with Crippen LogP contribution in [0.2, 0.25) is 0 Å². The number of nitrogens with zero attached hydrogens (tertiary/aromatic N) is 2. The van der Waals surface area contributed by atoms with Gasteiger partial charge in [-0.15, -0.1) is 34.5 Å². The van der Waals surface area contributed by atoms with Crippen molar-refractivity contribution < 1.29 is 22.7 Å². The second-order valence-electron chi connectivity index (χ2n) is 8.09. The van der Waals surface area contributed by atoms with Crippen molar-refractivity contribution in [1.82, 2.24) is 4.31 Å². The van der Waals surface area contributed by atoms with E-state index in [-0.39, 0.29) is 42.1 Å². The number of halogens is 2. The number of benzene rings is 2. The van der Waals surface area contributed by atoms with E-state index in [1.165, 1.54) is 39.9 Å². The highest BCUT2D eigenvalue weighted by atomic mass is 35.5. The highest BCUT2D eigenvalue weighted by Gasteiger charge is 2.24. The smallest absolute Gasteiger partial charge is 0.256 e. The zero-order valence-corrected chi connectivity index (χ0v) is 22.9. The molecule has 194 valence electrons. The number of anilines is 1. The Bertz CT molecular complexity index is 1440. The zero-order chi connectivity index (χ0) is 26.6. The van der Waals surface area contributed by atoms with Gasteiger partial charge in [0.15, 0.2) is 11.5 Å². The van der Waals surface area contributed by atoms with Gasteiger partial charge in [0, 0.05) is 41.7 Å². The molecular weight excluding hydrogens is 557 g/mol. The van der Waals surface area contributed by atoms with Gasteiger partial charge in [-0.1, -0.05) is 6.07 Å². The van der Waals surface area contributed by atoms with Crippen LogP contribution in [-0.2, 0) is 16.4 Å². The van der Waals surface area contributed by atoms with Gasteiger partial charge in [0.2, 0.25) is 16.8 Å². The van der Waals surface area contributed by atoms with E-state index in [9.17, 15) is 18.5 Å². The van der Waals surface area contributed by atoms with Gasteiger partial charge in [0.05, 0.1) is 10.5 Å². The summed E-state index contributed by atoms with van der Waals surface area (Å²) in [5.41, 5.74) is 2.43. The second kappa shape index (κ2) is 11.7. The predicted molar refractivity (Wildman–Crippen MR) is 144 cm³/mol. The fourth-order valence-electron chi connectivity index (χ4n) is 3.83. The van der Waals surface area contributed by atoms with Crippen molar-refractivity contribution >= 4 is 55.5 Å². The molecule has 1 aliphatic rings. The molecule has 0 aliphatic carbocycles. The molecule has 4 rings (SSSR count). The summed E-state index contributed by atoms with van der Waals surface area (Å²) >= 11 is 12.8. The number of amides is 1. The molecule has 8 nitrogen and oxygen atoms in total. The van der Waals surface area contributed by atoms with Crippen molar-refractivity contribution in [1.29, 1.82) is 5.26 Å². The molecule has 1 aliphatic heterocycles. The number of thiophene rings is 1. The van der Waals surface area contributed by atoms with E-state index in [1.54, 1.807) is 0 Å². The first-order valence-electron chi connectivity index (χ1n) is 11.2. The maximum absolute atomic E-state index is 12.9. The first-order chi connectivity index (χ1) is 17.8. The molecule has 2 heterocycles. The maximum Gasteiger partial charge on any atom is 0.256 e. The van der Waals surface area contributed by atoms with Crippen molar-refractivity contribution in [2.45, 2.75) is 18.2 Å². The van der Waals surface area contributed by atoms with Gasteiger partial charge < -0.3 is 14.8 Å². The second-order valence-corrected chi connectivity index (χ2v) is 11.9. The number of nitrogens with one attached hydrogen (secondary N) is 1. The number of hydrogen-bond acceptors (Lipinski definition) is 7. The highest BCUT2D eigenvalue weighted by Crippen LogP contribution is 2.37. The predicted octanol–water partition coefficient (Wildman–Crippen LogP) is 4.97. The molecule has 0 bridgehead atoms. The number of ether oxygens (including phenoxy) is 2. The number of carbonyl (C=O) groups excluding carboxylic acids is 1. The van der Waals surface area contributed by atoms with Gasteiger partial charge in [0.1, 0.15) is 11.1 Å². The minimum Gasteiger partial charge on any atom is -0.454 e. The molecule has 1 amide bonds. The standard InChI is InChI=1S/C25H23Cl2N3O5S2/c1-16-20(14-28)25(36-23(16)13-17-2-7-21-22(12-17)35-15-34-21)29-24(31)18-3-5-19(6-4-18)37(32,33)30(10-8-26)11-9-27/h2-7,12H,8-11,13,15H2,1H3,(H,29,31). The average molecular weight is 581 g/mol. The van der Waals surface area contributed by atoms with Gasteiger partial charge in [-0.2, -0.15) is 9.57 Å². The van der Waals surface area contributed by atoms with Crippen LogP contribution in [0.25, 0.3) is 0 Å². The molecule has 2 aromatic carbocycles. The SMILES string of the molecule is Cc1c(Cc2ccc3c(c2)OCO3)sc(NC(=O)c2ccc(S(=O)(=O)N(CCCl)CCCl)cc2)c1C#N. The lowest BCUT2D eigenvalue weighted by atomic mass is 10.1. The van der Waals surface area contributed by atoms with Crippen LogP contribution < -0.4 is 14.8 Å². The maximum atomic E-state index is 12.9. The molecule has 0 spiro atoms. The summed E-state index contributed by atoms with van der Waals surface area (Å²) in [7, 11) is -3.80. The molecule has 0 saturated carbocycles. The molecule has 0 radical (unpaired) electrons. The third-order valence-corrected chi connectivity index (χ3v) is 9.27. The number of alkyl halides is 2. The van der Waals surface area contributed by atoms with Gasteiger partial charge >= 0.3 is 0 Å². The molecule has 37 heavy (non-hydrogen) atoms. The molecule has 1 aromatic heterocycles. The van der Waals surface area contributed by atoms with Crippen LogP contribution in [0.15, 0.2) is 47.4 Å². The van der Waals surface area contributed by atoms with Crippen molar-refractivity contribution in [3.8, 4) is 17.6 Å². The van der Waals surface area contributed by atoms with Crippen molar-refractivity contribution in [2.75, 3.05) is 37.0 Å². The van der Waals surface area contributed by atoms with Crippen LogP contribution in [0.5, 0.6) is 11.5 Å². The topological polar surface area (TPSA) is 109 Å². The lowest BCUT2D eigenvalue weighted by molar-refractivity contribution is 0.102. The minimum atomic E-state index is -3.80. The summed E-state index contributed by atoms with van der Waals surface area (Å²) in [4.78, 5) is 13.9. The zero-order valence-electron chi connectivity index (χ0n) is 19.8. The number of carbonyl (C=O) groups is 1. The van der Waals surface area contributed by atoms with Gasteiger partial charge in [-0.3, -0.25) is 4.79 Å². The lowest BCUT2D eigenvalue weighted by Gasteiger charge is -2.20. The van der Waals surface area contributed by atoms with Gasteiger partial charge in [-0.05, 0) is 54.4 Å². The minimum absolute atomic E-state index is 0.0370. The number of nitriles is 1. The number of fused-ring (bicyclic) bond motifs is 1. The van der Waals surface area contributed by atoms with Crippen LogP contribution in [0, 0.1) is 18.3 Å². The van der Waals surface area contributed by atoms with Crippen LogP contribution in [0.3, 0.4) is 0 Å². The fourth-order valence-corrected chi connectivity index (χ4v) is 7.07. The molecule has 0 unspecified atom stereocenters. The van der Waals surface area contributed by atoms with Crippen molar-refractivity contribution in [2.24, 2.45) is 0 Å². The van der Waals surface area contributed by atoms with E-state index >= 15 is 0 Å². The normalized spacial score (nSPS) is 12.5. The lowest BCUT2D eigenvalue weighted by Crippen LogP contribution is -2.34. The number of sulfonamides is 1. The first-order valence-corrected chi connectivity index (χ1v) is 14.6. The Kier molecular flexibility index (Phi) is 8.62. The Morgan fingerprint density at radius 1 is 1.11 bits per heavy atom. The quantitative estimate of drug-likeness (QED) is 0.340. The van der Waals surface area contributed by atoms with E-state index < -0.39 is 15.9 Å². The summed E-state index contributed by atoms with van der Waals surface area (Å²) in [5, 5.41) is 13.0. The fraction of sp³-hybridized carbons (Fsp3) is 0.280. The third kappa shape index (κ3) is 5.87. The Morgan fingerprint density at radius 3 is 2.43 bits per heavy atom. The van der Waals surface area contributed by atoms with E-state index in [1.807, 2.05) is 25.1 Å². The Hall–Kier alpha value is -2.81. The van der Waals surface area contributed by atoms with E-state index in [0.29, 0.717) is 28.5 Å². The Balaban J connectivity index is 1.51. The summed E-state index contributed by atoms with van der Waals surface area (Å²) in [6, 6.07) is 13.5. The number of rotatable bonds is 10. The van der Waals surface area contributed by atoms with Gasteiger partial charge in [0.25, 0.3) is 5.91 Å². The average Bonchev–Trinajstić information content (AvgIpc) is 3.47. The Labute approximate surface area is 229 Å². The molecule has 0 saturated heterocycles. The van der Waals surface area contributed by atoms with Crippen LogP contribution in [0.1, 0.15) is 31.9 Å². The largest absolute Gasteiger partial charge is 0.454 e. The van der Waals surface area contributed by atoms with E-state index in [2.05, 4.69) is 11.4 Å². The van der Waals surface area contributed by atoms with Crippen LogP contribution in [0.4, 0.5) is 5.00 Å².